The first-order valence-corrected chi connectivity index (χ1v) is 4.40. The van der Waals surface area contributed by atoms with Gasteiger partial charge in [0.1, 0.15) is 0 Å². The molecule has 0 aromatic rings. The van der Waals surface area contributed by atoms with E-state index >= 15 is 0 Å². The minimum absolute atomic E-state index is 0.538. The Hall–Kier alpha value is -0.920. The van der Waals surface area contributed by atoms with Crippen LogP contribution in [-0.2, 0) is 0 Å². The summed E-state index contributed by atoms with van der Waals surface area (Å²) >= 11 is 0. The SMILES string of the molecule is C=C(/C=C\N(C)C(C)C)NCC. The van der Waals surface area contributed by atoms with Crippen LogP contribution in [0.15, 0.2) is 24.6 Å². The van der Waals surface area contributed by atoms with Crippen LogP contribution in [0.3, 0.4) is 0 Å². The lowest BCUT2D eigenvalue weighted by molar-refractivity contribution is 0.375. The van der Waals surface area contributed by atoms with Gasteiger partial charge in [-0.2, -0.15) is 0 Å². The van der Waals surface area contributed by atoms with Crippen molar-refractivity contribution >= 4 is 0 Å². The molecular formula is C10H20N2. The molecule has 1 N–H and O–H groups in total. The second-order valence-electron chi connectivity index (χ2n) is 3.13. The van der Waals surface area contributed by atoms with Gasteiger partial charge in [-0.25, -0.2) is 0 Å². The maximum Gasteiger partial charge on any atom is 0.0281 e. The van der Waals surface area contributed by atoms with Gasteiger partial charge in [0.05, 0.1) is 0 Å². The van der Waals surface area contributed by atoms with Crippen LogP contribution in [0.25, 0.3) is 0 Å². The molecule has 0 heterocycles. The Balaban J connectivity index is 3.81. The molecule has 0 aromatic carbocycles. The molecule has 0 rings (SSSR count). The highest BCUT2D eigenvalue weighted by atomic mass is 15.1. The van der Waals surface area contributed by atoms with E-state index in [1.54, 1.807) is 0 Å². The average Bonchev–Trinajstić information content (AvgIpc) is 2.00. The average molecular weight is 168 g/mol. The van der Waals surface area contributed by atoms with Crippen LogP contribution in [0, 0.1) is 0 Å². The highest BCUT2D eigenvalue weighted by molar-refractivity contribution is 5.11. The molecule has 0 unspecified atom stereocenters. The molecule has 70 valence electrons. The summed E-state index contributed by atoms with van der Waals surface area (Å²) in [6.07, 6.45) is 4.03. The summed E-state index contributed by atoms with van der Waals surface area (Å²) in [6, 6.07) is 0.538. The van der Waals surface area contributed by atoms with Gasteiger partial charge >= 0.3 is 0 Å². The fourth-order valence-corrected chi connectivity index (χ4v) is 0.666. The Bertz CT molecular complexity index is 159. The second-order valence-corrected chi connectivity index (χ2v) is 3.13. The number of nitrogens with one attached hydrogen (secondary N) is 1. The molecule has 0 aliphatic carbocycles. The topological polar surface area (TPSA) is 15.3 Å². The molecule has 0 aliphatic rings. The van der Waals surface area contributed by atoms with Crippen LogP contribution < -0.4 is 5.32 Å². The lowest BCUT2D eigenvalue weighted by Gasteiger charge is -2.18. The number of nitrogens with zero attached hydrogens (tertiary/aromatic N) is 1. The summed E-state index contributed by atoms with van der Waals surface area (Å²) < 4.78 is 0. The largest absolute Gasteiger partial charge is 0.386 e. The first-order valence-electron chi connectivity index (χ1n) is 4.40. The number of hydrogen-bond acceptors (Lipinski definition) is 2. The molecular weight excluding hydrogens is 148 g/mol. The summed E-state index contributed by atoms with van der Waals surface area (Å²) in [4.78, 5) is 2.14. The van der Waals surface area contributed by atoms with Crippen molar-refractivity contribution in [2.45, 2.75) is 26.8 Å². The Morgan fingerprint density at radius 2 is 2.17 bits per heavy atom. The van der Waals surface area contributed by atoms with Gasteiger partial charge in [-0.05, 0) is 26.8 Å². The van der Waals surface area contributed by atoms with E-state index in [0.29, 0.717) is 6.04 Å². The van der Waals surface area contributed by atoms with Gasteiger partial charge in [-0.3, -0.25) is 0 Å². The van der Waals surface area contributed by atoms with Crippen molar-refractivity contribution in [3.63, 3.8) is 0 Å². The molecule has 0 spiro atoms. The maximum absolute atomic E-state index is 3.85. The maximum atomic E-state index is 3.85. The summed E-state index contributed by atoms with van der Waals surface area (Å²) in [5.41, 5.74) is 0.963. The Morgan fingerprint density at radius 3 is 2.58 bits per heavy atom. The third-order valence-corrected chi connectivity index (χ3v) is 1.73. The van der Waals surface area contributed by atoms with E-state index in [1.807, 2.05) is 12.3 Å². The van der Waals surface area contributed by atoms with E-state index < -0.39 is 0 Å². The number of likely N-dealkylation sites (N-methyl/N-ethyl adjacent to an activating group) is 1. The fraction of sp³-hybridized carbons (Fsp3) is 0.600. The molecule has 0 radical (unpaired) electrons. The van der Waals surface area contributed by atoms with Crippen molar-refractivity contribution in [1.29, 1.82) is 0 Å². The van der Waals surface area contributed by atoms with E-state index in [4.69, 9.17) is 0 Å². The van der Waals surface area contributed by atoms with Crippen LogP contribution in [-0.4, -0.2) is 24.5 Å². The van der Waals surface area contributed by atoms with Crippen LogP contribution in [0.4, 0.5) is 0 Å². The first-order chi connectivity index (χ1) is 5.57. The predicted molar refractivity (Wildman–Crippen MR) is 54.9 cm³/mol. The summed E-state index contributed by atoms with van der Waals surface area (Å²) in [5.74, 6) is 0. The standard InChI is InChI=1S/C10H20N2/c1-6-11-10(4)7-8-12(5)9(2)3/h7-9,11H,4,6H2,1-3,5H3/b8-7-. The van der Waals surface area contributed by atoms with Crippen molar-refractivity contribution < 1.29 is 0 Å². The number of rotatable bonds is 5. The highest BCUT2D eigenvalue weighted by Gasteiger charge is 1.94. The first kappa shape index (κ1) is 11.1. The predicted octanol–water partition coefficient (Wildman–Crippen LogP) is 1.96. The third kappa shape index (κ3) is 4.83. The molecule has 2 nitrogen and oxygen atoms in total. The van der Waals surface area contributed by atoms with E-state index in [-0.39, 0.29) is 0 Å². The second kappa shape index (κ2) is 5.70. The van der Waals surface area contributed by atoms with Gasteiger partial charge in [0.25, 0.3) is 0 Å². The highest BCUT2D eigenvalue weighted by Crippen LogP contribution is 1.96. The van der Waals surface area contributed by atoms with E-state index in [1.165, 1.54) is 0 Å². The van der Waals surface area contributed by atoms with Crippen molar-refractivity contribution in [1.82, 2.24) is 10.2 Å². The molecule has 0 aliphatic heterocycles. The van der Waals surface area contributed by atoms with Gasteiger partial charge < -0.3 is 10.2 Å². The Kier molecular flexibility index (Phi) is 5.26. The lowest BCUT2D eigenvalue weighted by Crippen LogP contribution is -2.20. The van der Waals surface area contributed by atoms with Gasteiger partial charge in [0.2, 0.25) is 0 Å². The molecule has 0 aromatic heterocycles. The quantitative estimate of drug-likeness (QED) is 0.631. The molecule has 0 saturated carbocycles. The zero-order valence-corrected chi connectivity index (χ0v) is 8.59. The van der Waals surface area contributed by atoms with E-state index in [2.05, 4.69) is 44.6 Å². The van der Waals surface area contributed by atoms with Gasteiger partial charge in [0, 0.05) is 31.5 Å². The molecule has 0 atom stereocenters. The molecule has 0 bridgehead atoms. The van der Waals surface area contributed by atoms with Crippen molar-refractivity contribution in [3.05, 3.63) is 24.6 Å². The zero-order valence-electron chi connectivity index (χ0n) is 8.59. The molecule has 12 heavy (non-hydrogen) atoms. The zero-order chi connectivity index (χ0) is 9.56. The summed E-state index contributed by atoms with van der Waals surface area (Å²) in [6.45, 7) is 11.1. The van der Waals surface area contributed by atoms with Gasteiger partial charge in [-0.15, -0.1) is 0 Å². The monoisotopic (exact) mass is 168 g/mol. The van der Waals surface area contributed by atoms with E-state index in [0.717, 1.165) is 12.2 Å². The van der Waals surface area contributed by atoms with Crippen molar-refractivity contribution in [3.8, 4) is 0 Å². The Morgan fingerprint density at radius 1 is 1.58 bits per heavy atom. The number of allylic oxidation sites excluding steroid dienone is 1. The molecule has 0 amide bonds. The fourth-order valence-electron chi connectivity index (χ4n) is 0.666. The Labute approximate surface area is 76.0 Å². The smallest absolute Gasteiger partial charge is 0.0281 e. The number of hydrogen-bond donors (Lipinski definition) is 1. The van der Waals surface area contributed by atoms with Crippen LogP contribution in [0.2, 0.25) is 0 Å². The summed E-state index contributed by atoms with van der Waals surface area (Å²) in [7, 11) is 2.06. The van der Waals surface area contributed by atoms with Crippen LogP contribution >= 0.6 is 0 Å². The third-order valence-electron chi connectivity index (χ3n) is 1.73. The van der Waals surface area contributed by atoms with E-state index in [9.17, 15) is 0 Å². The van der Waals surface area contributed by atoms with Crippen LogP contribution in [0.1, 0.15) is 20.8 Å². The minimum atomic E-state index is 0.538. The van der Waals surface area contributed by atoms with Crippen molar-refractivity contribution in [2.75, 3.05) is 13.6 Å². The van der Waals surface area contributed by atoms with Crippen molar-refractivity contribution in [2.24, 2.45) is 0 Å². The summed E-state index contributed by atoms with van der Waals surface area (Å²) in [5, 5.41) is 3.13. The minimum Gasteiger partial charge on any atom is -0.386 e. The molecule has 0 saturated heterocycles. The molecule has 2 heteroatoms. The van der Waals surface area contributed by atoms with Crippen LogP contribution in [0.5, 0.6) is 0 Å². The molecule has 0 fully saturated rings. The van der Waals surface area contributed by atoms with Gasteiger partial charge in [0.15, 0.2) is 0 Å². The lowest BCUT2D eigenvalue weighted by atomic mass is 10.3. The van der Waals surface area contributed by atoms with Gasteiger partial charge in [-0.1, -0.05) is 6.58 Å². The normalized spacial score (nSPS) is 10.8.